The first-order chi connectivity index (χ1) is 8.06. The second-order valence-corrected chi connectivity index (χ2v) is 3.90. The van der Waals surface area contributed by atoms with Gasteiger partial charge in [0, 0.05) is 11.4 Å². The Balaban J connectivity index is 2.38. The minimum Gasteiger partial charge on any atom is -0.399 e. The monoisotopic (exact) mass is 254 g/mol. The summed E-state index contributed by atoms with van der Waals surface area (Å²) in [5.74, 6) is -1.01. The van der Waals surface area contributed by atoms with Gasteiger partial charge in [0.2, 0.25) is 0 Å². The van der Waals surface area contributed by atoms with Crippen LogP contribution >= 0.6 is 11.6 Å². The molecular formula is C12H9ClF2N2. The van der Waals surface area contributed by atoms with E-state index in [0.29, 0.717) is 5.69 Å². The van der Waals surface area contributed by atoms with Gasteiger partial charge in [-0.3, -0.25) is 0 Å². The molecule has 0 atom stereocenters. The third-order valence-corrected chi connectivity index (χ3v) is 2.47. The van der Waals surface area contributed by atoms with Gasteiger partial charge in [-0.25, -0.2) is 8.78 Å². The normalized spacial score (nSPS) is 10.3. The first kappa shape index (κ1) is 11.7. The zero-order valence-corrected chi connectivity index (χ0v) is 9.43. The third-order valence-electron chi connectivity index (χ3n) is 2.15. The Morgan fingerprint density at radius 1 is 1.12 bits per heavy atom. The Morgan fingerprint density at radius 3 is 2.53 bits per heavy atom. The van der Waals surface area contributed by atoms with Crippen molar-refractivity contribution in [2.45, 2.75) is 0 Å². The summed E-state index contributed by atoms with van der Waals surface area (Å²) in [6.45, 7) is 0. The summed E-state index contributed by atoms with van der Waals surface area (Å²) in [6.07, 6.45) is 0. The van der Waals surface area contributed by atoms with Crippen molar-refractivity contribution in [1.29, 1.82) is 0 Å². The summed E-state index contributed by atoms with van der Waals surface area (Å²) in [7, 11) is 0. The van der Waals surface area contributed by atoms with E-state index in [1.807, 2.05) is 0 Å². The zero-order valence-electron chi connectivity index (χ0n) is 8.68. The summed E-state index contributed by atoms with van der Waals surface area (Å²) in [6, 6.07) is 8.16. The molecule has 0 bridgehead atoms. The van der Waals surface area contributed by atoms with Crippen LogP contribution in [0.5, 0.6) is 0 Å². The van der Waals surface area contributed by atoms with Gasteiger partial charge in [0.1, 0.15) is 11.6 Å². The largest absolute Gasteiger partial charge is 0.399 e. The number of nitrogens with one attached hydrogen (secondary N) is 1. The second-order valence-electron chi connectivity index (χ2n) is 3.49. The van der Waals surface area contributed by atoms with Gasteiger partial charge in [0.05, 0.1) is 10.7 Å². The lowest BCUT2D eigenvalue weighted by atomic mass is 10.2. The molecule has 0 amide bonds. The van der Waals surface area contributed by atoms with Crippen LogP contribution in [-0.2, 0) is 0 Å². The van der Waals surface area contributed by atoms with Crippen molar-refractivity contribution in [1.82, 2.24) is 0 Å². The number of anilines is 3. The van der Waals surface area contributed by atoms with Crippen LogP contribution in [0.4, 0.5) is 25.8 Å². The first-order valence-corrected chi connectivity index (χ1v) is 5.21. The van der Waals surface area contributed by atoms with Crippen molar-refractivity contribution >= 4 is 28.7 Å². The average Bonchev–Trinajstić information content (AvgIpc) is 2.22. The smallest absolute Gasteiger partial charge is 0.148 e. The predicted molar refractivity (Wildman–Crippen MR) is 65.5 cm³/mol. The molecule has 0 aliphatic carbocycles. The molecule has 0 saturated carbocycles. The summed E-state index contributed by atoms with van der Waals surface area (Å²) < 4.78 is 26.6. The molecule has 2 nitrogen and oxygen atoms in total. The van der Waals surface area contributed by atoms with Gasteiger partial charge in [0.15, 0.2) is 0 Å². The Labute approximate surface area is 102 Å². The van der Waals surface area contributed by atoms with Crippen LogP contribution in [0.3, 0.4) is 0 Å². The molecule has 0 heterocycles. The maximum absolute atomic E-state index is 13.5. The van der Waals surface area contributed by atoms with E-state index in [1.54, 1.807) is 0 Å². The Kier molecular flexibility index (Phi) is 3.15. The predicted octanol–water partition coefficient (Wildman–Crippen LogP) is 3.94. The lowest BCUT2D eigenvalue weighted by Gasteiger charge is -2.10. The van der Waals surface area contributed by atoms with Crippen LogP contribution in [0.25, 0.3) is 0 Å². The minimum absolute atomic E-state index is 0.0965. The highest BCUT2D eigenvalue weighted by atomic mass is 35.5. The fourth-order valence-electron chi connectivity index (χ4n) is 1.45. The second kappa shape index (κ2) is 4.59. The molecule has 3 N–H and O–H groups in total. The lowest BCUT2D eigenvalue weighted by molar-refractivity contribution is 0.627. The van der Waals surface area contributed by atoms with E-state index in [4.69, 9.17) is 17.3 Å². The quantitative estimate of drug-likeness (QED) is 0.797. The topological polar surface area (TPSA) is 38.0 Å². The molecule has 17 heavy (non-hydrogen) atoms. The first-order valence-electron chi connectivity index (χ1n) is 4.83. The van der Waals surface area contributed by atoms with Crippen LogP contribution in [-0.4, -0.2) is 0 Å². The molecule has 5 heteroatoms. The molecule has 0 aromatic heterocycles. The van der Waals surface area contributed by atoms with E-state index in [1.165, 1.54) is 36.4 Å². The molecule has 0 spiro atoms. The number of nitrogens with two attached hydrogens (primary N) is 1. The Morgan fingerprint density at radius 2 is 1.88 bits per heavy atom. The van der Waals surface area contributed by atoms with Gasteiger partial charge in [-0.1, -0.05) is 17.7 Å². The molecule has 0 aliphatic rings. The van der Waals surface area contributed by atoms with E-state index in [2.05, 4.69) is 5.32 Å². The number of benzene rings is 2. The lowest BCUT2D eigenvalue weighted by Crippen LogP contribution is -1.97. The van der Waals surface area contributed by atoms with Crippen molar-refractivity contribution in [3.05, 3.63) is 53.1 Å². The number of nitrogen functional groups attached to an aromatic ring is 1. The van der Waals surface area contributed by atoms with Gasteiger partial charge in [0.25, 0.3) is 0 Å². The summed E-state index contributed by atoms with van der Waals surface area (Å²) in [5.41, 5.74) is 6.17. The maximum Gasteiger partial charge on any atom is 0.148 e. The van der Waals surface area contributed by atoms with Gasteiger partial charge in [-0.15, -0.1) is 0 Å². The average molecular weight is 255 g/mol. The van der Waals surface area contributed by atoms with Crippen molar-refractivity contribution in [3.63, 3.8) is 0 Å². The van der Waals surface area contributed by atoms with Crippen LogP contribution < -0.4 is 11.1 Å². The maximum atomic E-state index is 13.5. The van der Waals surface area contributed by atoms with Gasteiger partial charge >= 0.3 is 0 Å². The molecule has 88 valence electrons. The van der Waals surface area contributed by atoms with Crippen molar-refractivity contribution < 1.29 is 8.78 Å². The van der Waals surface area contributed by atoms with Crippen molar-refractivity contribution in [2.75, 3.05) is 11.1 Å². The van der Waals surface area contributed by atoms with Crippen molar-refractivity contribution in [2.24, 2.45) is 0 Å². The fourth-order valence-corrected chi connectivity index (χ4v) is 1.66. The standard InChI is InChI=1S/C12H9ClF2N2/c13-10-2-1-3-11(15)12(10)17-9-5-7(14)4-8(16)6-9/h1-6,17H,16H2. The summed E-state index contributed by atoms with van der Waals surface area (Å²) >= 11 is 5.83. The highest BCUT2D eigenvalue weighted by Crippen LogP contribution is 2.29. The SMILES string of the molecule is Nc1cc(F)cc(Nc2c(F)cccc2Cl)c1. The molecule has 0 radical (unpaired) electrons. The van der Waals surface area contributed by atoms with Crippen LogP contribution in [0.2, 0.25) is 5.02 Å². The third kappa shape index (κ3) is 2.65. The van der Waals surface area contributed by atoms with Gasteiger partial charge in [-0.2, -0.15) is 0 Å². The molecule has 2 aromatic rings. The van der Waals surface area contributed by atoms with Crippen LogP contribution in [0, 0.1) is 11.6 Å². The molecule has 2 rings (SSSR count). The highest BCUT2D eigenvalue weighted by molar-refractivity contribution is 6.33. The summed E-state index contributed by atoms with van der Waals surface area (Å²) in [4.78, 5) is 0. The molecule has 2 aromatic carbocycles. The highest BCUT2D eigenvalue weighted by Gasteiger charge is 2.07. The number of para-hydroxylation sites is 1. The van der Waals surface area contributed by atoms with Crippen LogP contribution in [0.15, 0.2) is 36.4 Å². The molecule has 0 saturated heterocycles. The van der Waals surface area contributed by atoms with E-state index in [9.17, 15) is 8.78 Å². The van der Waals surface area contributed by atoms with E-state index in [-0.39, 0.29) is 16.4 Å². The molecular weight excluding hydrogens is 246 g/mol. The molecule has 0 aliphatic heterocycles. The van der Waals surface area contributed by atoms with Crippen molar-refractivity contribution in [3.8, 4) is 0 Å². The zero-order chi connectivity index (χ0) is 12.4. The number of halogens is 3. The minimum atomic E-state index is -0.514. The number of hydrogen-bond donors (Lipinski definition) is 2. The Bertz CT molecular complexity index is 518. The molecule has 0 fully saturated rings. The number of hydrogen-bond acceptors (Lipinski definition) is 2. The Hall–Kier alpha value is -1.81. The summed E-state index contributed by atoms with van der Waals surface area (Å²) in [5, 5.41) is 2.91. The van der Waals surface area contributed by atoms with Gasteiger partial charge < -0.3 is 11.1 Å². The van der Waals surface area contributed by atoms with E-state index >= 15 is 0 Å². The molecule has 0 unspecified atom stereocenters. The van der Waals surface area contributed by atoms with E-state index < -0.39 is 11.6 Å². The van der Waals surface area contributed by atoms with E-state index in [0.717, 1.165) is 0 Å². The number of rotatable bonds is 2. The van der Waals surface area contributed by atoms with Crippen LogP contribution in [0.1, 0.15) is 0 Å². The van der Waals surface area contributed by atoms with Gasteiger partial charge in [-0.05, 0) is 30.3 Å². The fraction of sp³-hybridized carbons (Fsp3) is 0.